The van der Waals surface area contributed by atoms with Crippen LogP contribution in [0.3, 0.4) is 0 Å². The second kappa shape index (κ2) is 5.69. The quantitative estimate of drug-likeness (QED) is 0.915. The summed E-state index contributed by atoms with van der Waals surface area (Å²) in [6.07, 6.45) is 0.744. The van der Waals surface area contributed by atoms with Gasteiger partial charge < -0.3 is 5.11 Å². The van der Waals surface area contributed by atoms with E-state index in [9.17, 15) is 4.79 Å². The van der Waals surface area contributed by atoms with Crippen LogP contribution >= 0.6 is 11.6 Å². The molecule has 2 nitrogen and oxygen atoms in total. The number of rotatable bonds is 4. The van der Waals surface area contributed by atoms with E-state index in [1.165, 1.54) is 0 Å². The zero-order valence-electron chi connectivity index (χ0n) is 9.77. The topological polar surface area (TPSA) is 37.3 Å². The van der Waals surface area contributed by atoms with Crippen molar-refractivity contribution in [3.8, 4) is 5.75 Å². The molecule has 0 unspecified atom stereocenters. The molecule has 0 amide bonds. The number of hydrogen-bond donors (Lipinski definition) is 1. The molecule has 2 aromatic rings. The Balaban J connectivity index is 1.98. The minimum absolute atomic E-state index is 0.128. The Morgan fingerprint density at radius 1 is 1.00 bits per heavy atom. The summed E-state index contributed by atoms with van der Waals surface area (Å²) in [4.78, 5) is 11.9. The smallest absolute Gasteiger partial charge is 0.141 e. The molecule has 0 bridgehead atoms. The maximum absolute atomic E-state index is 11.9. The number of halogens is 1. The van der Waals surface area contributed by atoms with E-state index in [0.29, 0.717) is 17.9 Å². The van der Waals surface area contributed by atoms with Crippen molar-refractivity contribution in [3.05, 3.63) is 64.7 Å². The van der Waals surface area contributed by atoms with Crippen molar-refractivity contribution < 1.29 is 9.90 Å². The Morgan fingerprint density at radius 2 is 1.67 bits per heavy atom. The molecule has 0 aliphatic rings. The summed E-state index contributed by atoms with van der Waals surface area (Å²) in [7, 11) is 0. The largest absolute Gasteiger partial charge is 0.508 e. The average molecular weight is 261 g/mol. The lowest BCUT2D eigenvalue weighted by molar-refractivity contribution is -0.117. The highest BCUT2D eigenvalue weighted by atomic mass is 35.5. The van der Waals surface area contributed by atoms with E-state index < -0.39 is 0 Å². The Kier molecular flexibility index (Phi) is 4.00. The summed E-state index contributed by atoms with van der Waals surface area (Å²) in [5.74, 6) is 0.337. The minimum Gasteiger partial charge on any atom is -0.508 e. The van der Waals surface area contributed by atoms with Gasteiger partial charge in [0.15, 0.2) is 0 Å². The number of phenolic OH excluding ortho intramolecular Hbond substituents is 1. The number of carbonyl (C=O) groups excluding carboxylic acids is 1. The van der Waals surface area contributed by atoms with Crippen LogP contribution in [0.2, 0.25) is 5.02 Å². The molecule has 18 heavy (non-hydrogen) atoms. The molecule has 0 spiro atoms. The van der Waals surface area contributed by atoms with Crippen LogP contribution in [0, 0.1) is 0 Å². The lowest BCUT2D eigenvalue weighted by Gasteiger charge is -2.03. The summed E-state index contributed by atoms with van der Waals surface area (Å²) < 4.78 is 0. The SMILES string of the molecule is O=C(Cc1ccc(O)cc1)Cc1cccc(Cl)c1. The van der Waals surface area contributed by atoms with Gasteiger partial charge in [-0.15, -0.1) is 0 Å². The molecule has 0 aliphatic carbocycles. The normalized spacial score (nSPS) is 10.3. The highest BCUT2D eigenvalue weighted by Gasteiger charge is 2.05. The molecule has 92 valence electrons. The molecule has 0 atom stereocenters. The van der Waals surface area contributed by atoms with E-state index in [1.54, 1.807) is 36.4 Å². The van der Waals surface area contributed by atoms with Crippen LogP contribution in [0.4, 0.5) is 0 Å². The fraction of sp³-hybridized carbons (Fsp3) is 0.133. The van der Waals surface area contributed by atoms with Gasteiger partial charge in [0, 0.05) is 17.9 Å². The molecule has 2 aromatic carbocycles. The van der Waals surface area contributed by atoms with Crippen molar-refractivity contribution in [1.29, 1.82) is 0 Å². The van der Waals surface area contributed by atoms with Gasteiger partial charge in [-0.25, -0.2) is 0 Å². The fourth-order valence-electron chi connectivity index (χ4n) is 1.78. The van der Waals surface area contributed by atoms with Gasteiger partial charge in [0.05, 0.1) is 0 Å². The van der Waals surface area contributed by atoms with E-state index in [0.717, 1.165) is 11.1 Å². The molecule has 0 aromatic heterocycles. The molecule has 0 aliphatic heterocycles. The number of carbonyl (C=O) groups is 1. The third-order valence-electron chi connectivity index (χ3n) is 2.63. The zero-order chi connectivity index (χ0) is 13.0. The lowest BCUT2D eigenvalue weighted by Crippen LogP contribution is -2.06. The van der Waals surface area contributed by atoms with Gasteiger partial charge in [0.25, 0.3) is 0 Å². The van der Waals surface area contributed by atoms with Crippen LogP contribution in [0.25, 0.3) is 0 Å². The summed E-state index contributed by atoms with van der Waals surface area (Å²) >= 11 is 5.87. The highest BCUT2D eigenvalue weighted by molar-refractivity contribution is 6.30. The fourth-order valence-corrected chi connectivity index (χ4v) is 1.99. The predicted octanol–water partition coefficient (Wildman–Crippen LogP) is 3.40. The standard InChI is InChI=1S/C15H13ClO2/c16-13-3-1-2-12(8-13)10-15(18)9-11-4-6-14(17)7-5-11/h1-8,17H,9-10H2. The Bertz CT molecular complexity index is 547. The first-order valence-electron chi connectivity index (χ1n) is 5.67. The van der Waals surface area contributed by atoms with Crippen molar-refractivity contribution in [2.24, 2.45) is 0 Å². The Labute approximate surface area is 111 Å². The monoisotopic (exact) mass is 260 g/mol. The van der Waals surface area contributed by atoms with Gasteiger partial charge in [-0.1, -0.05) is 35.9 Å². The highest BCUT2D eigenvalue weighted by Crippen LogP contribution is 2.14. The number of ketones is 1. The van der Waals surface area contributed by atoms with E-state index in [-0.39, 0.29) is 11.5 Å². The maximum Gasteiger partial charge on any atom is 0.141 e. The summed E-state index contributed by atoms with van der Waals surface area (Å²) in [6, 6.07) is 14.0. The van der Waals surface area contributed by atoms with Crippen molar-refractivity contribution >= 4 is 17.4 Å². The van der Waals surface area contributed by atoms with Crippen molar-refractivity contribution in [1.82, 2.24) is 0 Å². The van der Waals surface area contributed by atoms with E-state index in [4.69, 9.17) is 16.7 Å². The minimum atomic E-state index is 0.128. The van der Waals surface area contributed by atoms with Crippen LogP contribution in [-0.2, 0) is 17.6 Å². The summed E-state index contributed by atoms with van der Waals surface area (Å²) in [5, 5.41) is 9.80. The van der Waals surface area contributed by atoms with Gasteiger partial charge in [-0.05, 0) is 35.4 Å². The van der Waals surface area contributed by atoms with Crippen molar-refractivity contribution in [2.45, 2.75) is 12.8 Å². The molecule has 0 heterocycles. The van der Waals surface area contributed by atoms with Crippen LogP contribution in [0.1, 0.15) is 11.1 Å². The first-order chi connectivity index (χ1) is 8.63. The zero-order valence-corrected chi connectivity index (χ0v) is 10.5. The Hall–Kier alpha value is -1.80. The number of phenols is 1. The number of Topliss-reactive ketones (excluding diaryl/α,β-unsaturated/α-hetero) is 1. The molecule has 1 N–H and O–H groups in total. The lowest BCUT2D eigenvalue weighted by atomic mass is 10.0. The third kappa shape index (κ3) is 3.60. The number of hydrogen-bond acceptors (Lipinski definition) is 2. The Morgan fingerprint density at radius 3 is 2.33 bits per heavy atom. The molecule has 2 rings (SSSR count). The molecule has 0 radical (unpaired) electrons. The third-order valence-corrected chi connectivity index (χ3v) is 2.86. The second-order valence-corrected chi connectivity index (χ2v) is 4.63. The van der Waals surface area contributed by atoms with Crippen LogP contribution < -0.4 is 0 Å². The predicted molar refractivity (Wildman–Crippen MR) is 72.0 cm³/mol. The number of aromatic hydroxyl groups is 1. The average Bonchev–Trinajstić information content (AvgIpc) is 2.32. The molecular weight excluding hydrogens is 248 g/mol. The molecule has 3 heteroatoms. The van der Waals surface area contributed by atoms with Crippen LogP contribution in [0.5, 0.6) is 5.75 Å². The van der Waals surface area contributed by atoms with Gasteiger partial charge in [0.2, 0.25) is 0 Å². The van der Waals surface area contributed by atoms with Crippen LogP contribution in [-0.4, -0.2) is 10.9 Å². The first kappa shape index (κ1) is 12.7. The molecule has 0 saturated heterocycles. The van der Waals surface area contributed by atoms with Crippen LogP contribution in [0.15, 0.2) is 48.5 Å². The number of benzene rings is 2. The van der Waals surface area contributed by atoms with E-state index in [2.05, 4.69) is 0 Å². The van der Waals surface area contributed by atoms with Gasteiger partial charge in [-0.2, -0.15) is 0 Å². The van der Waals surface area contributed by atoms with E-state index >= 15 is 0 Å². The van der Waals surface area contributed by atoms with Crippen molar-refractivity contribution in [3.63, 3.8) is 0 Å². The van der Waals surface area contributed by atoms with Gasteiger partial charge in [-0.3, -0.25) is 4.79 Å². The molecule has 0 fully saturated rings. The summed E-state index contributed by atoms with van der Waals surface area (Å²) in [5.41, 5.74) is 1.83. The van der Waals surface area contributed by atoms with Crippen molar-refractivity contribution in [2.75, 3.05) is 0 Å². The van der Waals surface area contributed by atoms with Gasteiger partial charge >= 0.3 is 0 Å². The molecular formula is C15H13ClO2. The maximum atomic E-state index is 11.9. The van der Waals surface area contributed by atoms with E-state index in [1.807, 2.05) is 12.1 Å². The van der Waals surface area contributed by atoms with Gasteiger partial charge in [0.1, 0.15) is 11.5 Å². The summed E-state index contributed by atoms with van der Waals surface area (Å²) in [6.45, 7) is 0. The molecule has 0 saturated carbocycles. The second-order valence-electron chi connectivity index (χ2n) is 4.19. The first-order valence-corrected chi connectivity index (χ1v) is 6.05.